The first-order valence-corrected chi connectivity index (χ1v) is 6.85. The highest BCUT2D eigenvalue weighted by Crippen LogP contribution is 2.17. The third kappa shape index (κ3) is 3.98. The van der Waals surface area contributed by atoms with Gasteiger partial charge in [-0.3, -0.25) is 0 Å². The number of nitrogens with two attached hydrogens (primary N) is 1. The molecule has 0 aliphatic carbocycles. The zero-order valence-electron chi connectivity index (χ0n) is 10.4. The van der Waals surface area contributed by atoms with E-state index < -0.39 is 21.7 Å². The van der Waals surface area contributed by atoms with Crippen molar-refractivity contribution < 1.29 is 17.2 Å². The van der Waals surface area contributed by atoms with Crippen LogP contribution >= 0.6 is 0 Å². The normalized spacial score (nSPS) is 11.7. The Labute approximate surface area is 109 Å². The van der Waals surface area contributed by atoms with Crippen molar-refractivity contribution in [2.45, 2.75) is 0 Å². The van der Waals surface area contributed by atoms with Crippen LogP contribution in [0.5, 0.6) is 0 Å². The average Bonchev–Trinajstić information content (AvgIpc) is 2.31. The maximum Gasteiger partial charge on any atom is 0.215 e. The van der Waals surface area contributed by atoms with Gasteiger partial charge in [0.2, 0.25) is 10.0 Å². The summed E-state index contributed by atoms with van der Waals surface area (Å²) in [4.78, 5) is 3.55. The summed E-state index contributed by atoms with van der Waals surface area (Å²) in [5.41, 5.74) is 1.97. The van der Waals surface area contributed by atoms with Crippen LogP contribution in [0.3, 0.4) is 0 Å². The lowest BCUT2D eigenvalue weighted by molar-refractivity contribution is 0.521. The van der Waals surface area contributed by atoms with Gasteiger partial charge in [0, 0.05) is 26.7 Å². The number of halogens is 2. The fourth-order valence-electron chi connectivity index (χ4n) is 1.17. The first kappa shape index (κ1) is 15.5. The van der Waals surface area contributed by atoms with Crippen molar-refractivity contribution in [3.63, 3.8) is 0 Å². The summed E-state index contributed by atoms with van der Waals surface area (Å²) in [6, 6.07) is 0.602. The molecule has 4 N–H and O–H groups in total. The SMILES string of the molecule is CN(C)S(=O)(=O)CCNc1nc(NN)c(F)cc1F. The molecular formula is C9H15F2N5O2S. The summed E-state index contributed by atoms with van der Waals surface area (Å²) in [7, 11) is -0.616. The van der Waals surface area contributed by atoms with Gasteiger partial charge in [-0.2, -0.15) is 0 Å². The maximum absolute atomic E-state index is 13.4. The van der Waals surface area contributed by atoms with E-state index in [4.69, 9.17) is 5.84 Å². The first-order valence-electron chi connectivity index (χ1n) is 5.24. The topological polar surface area (TPSA) is 100 Å². The lowest BCUT2D eigenvalue weighted by atomic mass is 10.4. The number of hydrogen-bond donors (Lipinski definition) is 3. The van der Waals surface area contributed by atoms with Gasteiger partial charge in [0.15, 0.2) is 23.3 Å². The number of hydrogen-bond acceptors (Lipinski definition) is 6. The highest BCUT2D eigenvalue weighted by atomic mass is 32.2. The Morgan fingerprint density at radius 1 is 1.32 bits per heavy atom. The lowest BCUT2D eigenvalue weighted by Gasteiger charge is -2.12. The predicted octanol–water partition coefficient (Wildman–Crippen LogP) is -0.0513. The van der Waals surface area contributed by atoms with Gasteiger partial charge in [0.1, 0.15) is 0 Å². The number of nitrogen functional groups attached to an aromatic ring is 1. The quantitative estimate of drug-likeness (QED) is 0.502. The molecule has 7 nitrogen and oxygen atoms in total. The molecule has 10 heteroatoms. The van der Waals surface area contributed by atoms with Crippen LogP contribution in [0.4, 0.5) is 20.4 Å². The second-order valence-electron chi connectivity index (χ2n) is 3.82. The molecule has 0 unspecified atom stereocenters. The number of aromatic nitrogens is 1. The molecule has 0 spiro atoms. The number of nitrogens with zero attached hydrogens (tertiary/aromatic N) is 2. The van der Waals surface area contributed by atoms with Gasteiger partial charge in [-0.05, 0) is 0 Å². The lowest BCUT2D eigenvalue weighted by Crippen LogP contribution is -2.28. The van der Waals surface area contributed by atoms with Gasteiger partial charge >= 0.3 is 0 Å². The molecule has 0 saturated carbocycles. The van der Waals surface area contributed by atoms with Crippen molar-refractivity contribution in [2.75, 3.05) is 37.1 Å². The summed E-state index contributed by atoms with van der Waals surface area (Å²) in [5.74, 6) is 2.28. The van der Waals surface area contributed by atoms with Crippen LogP contribution in [-0.4, -0.2) is 44.1 Å². The summed E-state index contributed by atoms with van der Waals surface area (Å²) in [6.45, 7) is -0.0694. The minimum atomic E-state index is -3.40. The van der Waals surface area contributed by atoms with Crippen molar-refractivity contribution in [3.8, 4) is 0 Å². The molecule has 0 radical (unpaired) electrons. The zero-order valence-corrected chi connectivity index (χ0v) is 11.3. The van der Waals surface area contributed by atoms with Crippen molar-refractivity contribution in [1.29, 1.82) is 0 Å². The summed E-state index contributed by atoms with van der Waals surface area (Å²) in [6.07, 6.45) is 0. The van der Waals surface area contributed by atoms with Gasteiger partial charge in [-0.1, -0.05) is 0 Å². The van der Waals surface area contributed by atoms with Crippen LogP contribution in [0.1, 0.15) is 0 Å². The molecule has 0 atom stereocenters. The van der Waals surface area contributed by atoms with Crippen molar-refractivity contribution in [1.82, 2.24) is 9.29 Å². The minimum absolute atomic E-state index is 0.0694. The Bertz CT molecular complexity index is 550. The third-order valence-electron chi connectivity index (χ3n) is 2.28. The summed E-state index contributed by atoms with van der Waals surface area (Å²) in [5, 5.41) is 2.47. The summed E-state index contributed by atoms with van der Waals surface area (Å²) >= 11 is 0. The Kier molecular flexibility index (Phi) is 4.97. The number of pyridine rings is 1. The molecule has 0 aliphatic rings. The largest absolute Gasteiger partial charge is 0.366 e. The van der Waals surface area contributed by atoms with Gasteiger partial charge in [-0.25, -0.2) is 32.3 Å². The van der Waals surface area contributed by atoms with E-state index in [9.17, 15) is 17.2 Å². The monoisotopic (exact) mass is 295 g/mol. The number of hydrazine groups is 1. The Balaban J connectivity index is 2.74. The van der Waals surface area contributed by atoms with Crippen LogP contribution in [-0.2, 0) is 10.0 Å². The molecule has 1 rings (SSSR count). The first-order chi connectivity index (χ1) is 8.77. The molecule has 0 fully saturated rings. The van der Waals surface area contributed by atoms with E-state index in [1.165, 1.54) is 14.1 Å². The van der Waals surface area contributed by atoms with E-state index in [2.05, 4.69) is 10.3 Å². The molecule has 19 heavy (non-hydrogen) atoms. The number of nitrogens with one attached hydrogen (secondary N) is 2. The fraction of sp³-hybridized carbons (Fsp3) is 0.444. The molecule has 1 heterocycles. The van der Waals surface area contributed by atoms with Crippen LogP contribution < -0.4 is 16.6 Å². The van der Waals surface area contributed by atoms with Crippen LogP contribution in [0.2, 0.25) is 0 Å². The van der Waals surface area contributed by atoms with E-state index in [-0.39, 0.29) is 23.9 Å². The van der Waals surface area contributed by atoms with Gasteiger partial charge < -0.3 is 10.7 Å². The van der Waals surface area contributed by atoms with Crippen LogP contribution in [0.15, 0.2) is 6.07 Å². The molecule has 0 bridgehead atoms. The molecule has 1 aromatic heterocycles. The highest BCUT2D eigenvalue weighted by Gasteiger charge is 2.15. The third-order valence-corrected chi connectivity index (χ3v) is 4.11. The van der Waals surface area contributed by atoms with E-state index in [1.54, 1.807) is 0 Å². The van der Waals surface area contributed by atoms with Crippen molar-refractivity contribution in [3.05, 3.63) is 17.7 Å². The van der Waals surface area contributed by atoms with Gasteiger partial charge in [0.05, 0.1) is 5.75 Å². The predicted molar refractivity (Wildman–Crippen MR) is 67.9 cm³/mol. The van der Waals surface area contributed by atoms with E-state index >= 15 is 0 Å². The number of rotatable bonds is 6. The van der Waals surface area contributed by atoms with Crippen molar-refractivity contribution >= 4 is 21.7 Å². The van der Waals surface area contributed by atoms with E-state index in [0.29, 0.717) is 6.07 Å². The van der Waals surface area contributed by atoms with Gasteiger partial charge in [-0.15, -0.1) is 0 Å². The molecule has 108 valence electrons. The molecule has 0 saturated heterocycles. The molecule has 1 aromatic rings. The Hall–Kier alpha value is -1.52. The van der Waals surface area contributed by atoms with E-state index in [1.807, 2.05) is 5.43 Å². The second-order valence-corrected chi connectivity index (χ2v) is 6.12. The number of anilines is 2. The molecule has 0 aliphatic heterocycles. The molecular weight excluding hydrogens is 280 g/mol. The average molecular weight is 295 g/mol. The van der Waals surface area contributed by atoms with Gasteiger partial charge in [0.25, 0.3) is 0 Å². The standard InChI is InChI=1S/C9H15F2N5O2S/c1-16(2)19(17,18)4-3-13-8-6(10)5-7(11)9(14-8)15-12/h5H,3-4,12H2,1-2H3,(H2,13,14,15). The summed E-state index contributed by atoms with van der Waals surface area (Å²) < 4.78 is 50.4. The highest BCUT2D eigenvalue weighted by molar-refractivity contribution is 7.89. The van der Waals surface area contributed by atoms with Crippen LogP contribution in [0.25, 0.3) is 0 Å². The van der Waals surface area contributed by atoms with Crippen LogP contribution in [0, 0.1) is 11.6 Å². The maximum atomic E-state index is 13.4. The Morgan fingerprint density at radius 3 is 2.42 bits per heavy atom. The molecule has 0 aromatic carbocycles. The smallest absolute Gasteiger partial charge is 0.215 e. The Morgan fingerprint density at radius 2 is 1.89 bits per heavy atom. The number of sulfonamides is 1. The van der Waals surface area contributed by atoms with E-state index in [0.717, 1.165) is 4.31 Å². The fourth-order valence-corrected chi connectivity index (χ4v) is 1.90. The zero-order chi connectivity index (χ0) is 14.6. The second kappa shape index (κ2) is 6.08. The minimum Gasteiger partial charge on any atom is -0.366 e. The molecule has 0 amide bonds. The van der Waals surface area contributed by atoms with Crippen molar-refractivity contribution in [2.24, 2.45) is 5.84 Å².